The number of hydrogen-bond donors (Lipinski definition) is 0. The van der Waals surface area contributed by atoms with Crippen LogP contribution in [0.1, 0.15) is 35.3 Å². The normalized spacial score (nSPS) is 10.5. The highest BCUT2D eigenvalue weighted by Crippen LogP contribution is 2.14. The van der Waals surface area contributed by atoms with E-state index in [9.17, 15) is 4.79 Å². The molecule has 0 N–H and O–H groups in total. The second-order valence-corrected chi connectivity index (χ2v) is 3.90. The summed E-state index contributed by atoms with van der Waals surface area (Å²) < 4.78 is 0. The fourth-order valence-electron chi connectivity index (χ4n) is 1.46. The first-order chi connectivity index (χ1) is 6.13. The topological polar surface area (TPSA) is 17.1 Å². The Morgan fingerprint density at radius 3 is 2.54 bits per heavy atom. The van der Waals surface area contributed by atoms with Gasteiger partial charge < -0.3 is 0 Å². The maximum absolute atomic E-state index is 10.5. The Balaban J connectivity index is 2.91. The minimum Gasteiger partial charge on any atom is -0.298 e. The Morgan fingerprint density at radius 1 is 1.38 bits per heavy atom. The Bertz CT molecular complexity index is 300. The molecule has 0 fully saturated rings. The highest BCUT2D eigenvalue weighted by molar-refractivity contribution is 5.75. The fourth-order valence-corrected chi connectivity index (χ4v) is 1.46. The minimum absolute atomic E-state index is 0.667. The molecule has 0 saturated carbocycles. The van der Waals surface area contributed by atoms with Crippen molar-refractivity contribution in [2.24, 2.45) is 5.92 Å². The first-order valence-corrected chi connectivity index (χ1v) is 4.68. The van der Waals surface area contributed by atoms with Gasteiger partial charge in [0.1, 0.15) is 6.29 Å². The highest BCUT2D eigenvalue weighted by atomic mass is 16.1. The lowest BCUT2D eigenvalue weighted by molar-refractivity contribution is 0.112. The minimum atomic E-state index is 0.667. The molecule has 0 spiro atoms. The molecule has 0 heterocycles. The summed E-state index contributed by atoms with van der Waals surface area (Å²) in [5, 5.41) is 0. The number of hydrogen-bond acceptors (Lipinski definition) is 1. The molecule has 0 radical (unpaired) electrons. The lowest BCUT2D eigenvalue weighted by Gasteiger charge is -2.08. The summed E-state index contributed by atoms with van der Waals surface area (Å²) in [6.45, 7) is 6.46. The summed E-state index contributed by atoms with van der Waals surface area (Å²) in [6.07, 6.45) is 1.98. The van der Waals surface area contributed by atoms with E-state index in [0.29, 0.717) is 5.92 Å². The van der Waals surface area contributed by atoms with Crippen LogP contribution < -0.4 is 0 Å². The SMILES string of the molecule is Cc1cc(C=O)ccc1CC(C)C. The quantitative estimate of drug-likeness (QED) is 0.647. The molecule has 13 heavy (non-hydrogen) atoms. The van der Waals surface area contributed by atoms with E-state index in [1.165, 1.54) is 11.1 Å². The van der Waals surface area contributed by atoms with Crippen molar-refractivity contribution in [3.63, 3.8) is 0 Å². The lowest BCUT2D eigenvalue weighted by atomic mass is 9.97. The van der Waals surface area contributed by atoms with Crippen LogP contribution in [0.3, 0.4) is 0 Å². The maximum Gasteiger partial charge on any atom is 0.150 e. The average Bonchev–Trinajstić information content (AvgIpc) is 2.08. The number of aldehydes is 1. The second kappa shape index (κ2) is 4.22. The molecule has 0 aliphatic rings. The molecule has 0 aliphatic carbocycles. The van der Waals surface area contributed by atoms with Gasteiger partial charge >= 0.3 is 0 Å². The first-order valence-electron chi connectivity index (χ1n) is 4.68. The highest BCUT2D eigenvalue weighted by Gasteiger charge is 2.01. The summed E-state index contributed by atoms with van der Waals surface area (Å²) in [5.74, 6) is 0.667. The van der Waals surface area contributed by atoms with Gasteiger partial charge in [0.25, 0.3) is 0 Å². The average molecular weight is 176 g/mol. The van der Waals surface area contributed by atoms with Crippen LogP contribution in [0.15, 0.2) is 18.2 Å². The molecule has 0 saturated heterocycles. The van der Waals surface area contributed by atoms with Crippen LogP contribution >= 0.6 is 0 Å². The summed E-state index contributed by atoms with van der Waals surface area (Å²) in [4.78, 5) is 10.5. The van der Waals surface area contributed by atoms with E-state index < -0.39 is 0 Å². The molecular formula is C12H16O. The Kier molecular flexibility index (Phi) is 3.24. The summed E-state index contributed by atoms with van der Waals surface area (Å²) >= 11 is 0. The van der Waals surface area contributed by atoms with Gasteiger partial charge in [-0.3, -0.25) is 4.79 Å². The second-order valence-electron chi connectivity index (χ2n) is 3.90. The molecule has 0 aliphatic heterocycles. The Morgan fingerprint density at radius 2 is 2.08 bits per heavy atom. The zero-order valence-electron chi connectivity index (χ0n) is 8.50. The largest absolute Gasteiger partial charge is 0.298 e. The predicted octanol–water partition coefficient (Wildman–Crippen LogP) is 3.01. The van der Waals surface area contributed by atoms with Crippen LogP contribution in [0.5, 0.6) is 0 Å². The Labute approximate surface area is 79.8 Å². The van der Waals surface area contributed by atoms with Gasteiger partial charge in [0.2, 0.25) is 0 Å². The van der Waals surface area contributed by atoms with E-state index in [-0.39, 0.29) is 0 Å². The standard InChI is InChI=1S/C12H16O/c1-9(2)6-12-5-4-11(8-13)7-10(12)3/h4-5,7-9H,6H2,1-3H3. The Hall–Kier alpha value is -1.11. The molecular weight excluding hydrogens is 160 g/mol. The fraction of sp³-hybridized carbons (Fsp3) is 0.417. The van der Waals surface area contributed by atoms with Crippen LogP contribution in [-0.4, -0.2) is 6.29 Å². The molecule has 0 amide bonds. The number of aryl methyl sites for hydroxylation is 1. The van der Waals surface area contributed by atoms with Crippen LogP contribution in [0.4, 0.5) is 0 Å². The maximum atomic E-state index is 10.5. The number of rotatable bonds is 3. The number of carbonyl (C=O) groups is 1. The van der Waals surface area contributed by atoms with E-state index in [2.05, 4.69) is 26.8 Å². The van der Waals surface area contributed by atoms with Gasteiger partial charge in [-0.25, -0.2) is 0 Å². The smallest absolute Gasteiger partial charge is 0.150 e. The molecule has 1 aromatic rings. The van der Waals surface area contributed by atoms with Gasteiger partial charge in [0.05, 0.1) is 0 Å². The van der Waals surface area contributed by atoms with Crippen LogP contribution in [0.25, 0.3) is 0 Å². The third kappa shape index (κ3) is 2.69. The lowest BCUT2D eigenvalue weighted by Crippen LogP contribution is -1.97. The molecule has 0 aromatic heterocycles. The molecule has 1 heteroatoms. The molecule has 1 rings (SSSR count). The third-order valence-corrected chi connectivity index (χ3v) is 2.13. The molecule has 1 aromatic carbocycles. The van der Waals surface area contributed by atoms with E-state index in [1.807, 2.05) is 12.1 Å². The van der Waals surface area contributed by atoms with E-state index >= 15 is 0 Å². The monoisotopic (exact) mass is 176 g/mol. The van der Waals surface area contributed by atoms with E-state index in [1.54, 1.807) is 0 Å². The van der Waals surface area contributed by atoms with Gasteiger partial charge in [0.15, 0.2) is 0 Å². The molecule has 0 atom stereocenters. The van der Waals surface area contributed by atoms with Crippen molar-refractivity contribution in [3.05, 3.63) is 34.9 Å². The van der Waals surface area contributed by atoms with Crippen molar-refractivity contribution >= 4 is 6.29 Å². The molecule has 1 nitrogen and oxygen atoms in total. The van der Waals surface area contributed by atoms with Gasteiger partial charge in [-0.1, -0.05) is 26.0 Å². The molecule has 70 valence electrons. The van der Waals surface area contributed by atoms with Crippen molar-refractivity contribution in [2.45, 2.75) is 27.2 Å². The number of benzene rings is 1. The number of carbonyl (C=O) groups excluding carboxylic acids is 1. The van der Waals surface area contributed by atoms with Crippen LogP contribution in [0.2, 0.25) is 0 Å². The van der Waals surface area contributed by atoms with Crippen molar-refractivity contribution in [3.8, 4) is 0 Å². The van der Waals surface area contributed by atoms with E-state index in [0.717, 1.165) is 18.3 Å². The van der Waals surface area contributed by atoms with Gasteiger partial charge in [0, 0.05) is 5.56 Å². The summed E-state index contributed by atoms with van der Waals surface area (Å²) in [7, 11) is 0. The zero-order valence-corrected chi connectivity index (χ0v) is 8.50. The zero-order chi connectivity index (χ0) is 9.84. The summed E-state index contributed by atoms with van der Waals surface area (Å²) in [5.41, 5.74) is 3.34. The van der Waals surface area contributed by atoms with Crippen LogP contribution in [0, 0.1) is 12.8 Å². The first kappa shape index (κ1) is 9.97. The van der Waals surface area contributed by atoms with Crippen molar-refractivity contribution in [1.82, 2.24) is 0 Å². The van der Waals surface area contributed by atoms with E-state index in [4.69, 9.17) is 0 Å². The van der Waals surface area contributed by atoms with Gasteiger partial charge in [-0.05, 0) is 36.5 Å². The van der Waals surface area contributed by atoms with Gasteiger partial charge in [-0.2, -0.15) is 0 Å². The van der Waals surface area contributed by atoms with Crippen molar-refractivity contribution in [2.75, 3.05) is 0 Å². The molecule has 0 unspecified atom stereocenters. The molecule has 0 bridgehead atoms. The van der Waals surface area contributed by atoms with Crippen LogP contribution in [-0.2, 0) is 6.42 Å². The van der Waals surface area contributed by atoms with Crippen molar-refractivity contribution in [1.29, 1.82) is 0 Å². The van der Waals surface area contributed by atoms with Gasteiger partial charge in [-0.15, -0.1) is 0 Å². The third-order valence-electron chi connectivity index (χ3n) is 2.13. The summed E-state index contributed by atoms with van der Waals surface area (Å²) in [6, 6.07) is 5.89. The predicted molar refractivity (Wildman–Crippen MR) is 55.1 cm³/mol. The van der Waals surface area contributed by atoms with Crippen molar-refractivity contribution < 1.29 is 4.79 Å².